The van der Waals surface area contributed by atoms with Crippen molar-refractivity contribution >= 4 is 49.9 Å². The number of para-hydroxylation sites is 1. The molecule has 2 aromatic rings. The van der Waals surface area contributed by atoms with Gasteiger partial charge in [0.2, 0.25) is 5.91 Å². The standard InChI is InChI=1S/C15H15IN2O4S/c1-10(19)17-11-7-8-14(22-2)15(9-11)23(20,21)18-13-6-4-3-5-12(13)16/h3-9,18H,1-2H3,(H,17,19). The Morgan fingerprint density at radius 1 is 1.17 bits per heavy atom. The first-order chi connectivity index (χ1) is 10.8. The van der Waals surface area contributed by atoms with Gasteiger partial charge in [-0.1, -0.05) is 12.1 Å². The highest BCUT2D eigenvalue weighted by atomic mass is 127. The van der Waals surface area contributed by atoms with Crippen LogP contribution < -0.4 is 14.8 Å². The van der Waals surface area contributed by atoms with Gasteiger partial charge in [-0.05, 0) is 52.9 Å². The van der Waals surface area contributed by atoms with Crippen LogP contribution in [0.25, 0.3) is 0 Å². The minimum absolute atomic E-state index is 0.0501. The topological polar surface area (TPSA) is 84.5 Å². The summed E-state index contributed by atoms with van der Waals surface area (Å²) in [7, 11) is -2.48. The lowest BCUT2D eigenvalue weighted by Gasteiger charge is -2.14. The highest BCUT2D eigenvalue weighted by molar-refractivity contribution is 14.1. The van der Waals surface area contributed by atoms with Crippen LogP contribution in [0.5, 0.6) is 5.75 Å². The Bertz CT molecular complexity index is 837. The number of hydrogen-bond donors (Lipinski definition) is 2. The first-order valence-electron chi connectivity index (χ1n) is 6.56. The third-order valence-electron chi connectivity index (χ3n) is 2.89. The van der Waals surface area contributed by atoms with Crippen LogP contribution in [0.1, 0.15) is 6.92 Å². The van der Waals surface area contributed by atoms with E-state index >= 15 is 0 Å². The summed E-state index contributed by atoms with van der Waals surface area (Å²) in [6, 6.07) is 11.5. The maximum absolute atomic E-state index is 12.7. The molecule has 8 heteroatoms. The fourth-order valence-electron chi connectivity index (χ4n) is 1.91. The molecular weight excluding hydrogens is 431 g/mol. The molecule has 0 radical (unpaired) electrons. The molecule has 0 aromatic heterocycles. The largest absolute Gasteiger partial charge is 0.495 e. The van der Waals surface area contributed by atoms with E-state index < -0.39 is 10.0 Å². The molecule has 1 amide bonds. The van der Waals surface area contributed by atoms with Gasteiger partial charge in [0.05, 0.1) is 12.8 Å². The molecule has 0 aliphatic carbocycles. The summed E-state index contributed by atoms with van der Waals surface area (Å²) >= 11 is 2.05. The Morgan fingerprint density at radius 2 is 1.87 bits per heavy atom. The summed E-state index contributed by atoms with van der Waals surface area (Å²) in [5, 5.41) is 2.56. The van der Waals surface area contributed by atoms with E-state index in [2.05, 4.69) is 10.0 Å². The zero-order chi connectivity index (χ0) is 17.0. The van der Waals surface area contributed by atoms with Gasteiger partial charge in [0.15, 0.2) is 0 Å². The number of amides is 1. The van der Waals surface area contributed by atoms with Crippen molar-refractivity contribution in [1.29, 1.82) is 0 Å². The molecule has 2 N–H and O–H groups in total. The molecule has 0 saturated heterocycles. The summed E-state index contributed by atoms with van der Waals surface area (Å²) in [6.07, 6.45) is 0. The van der Waals surface area contributed by atoms with Crippen molar-refractivity contribution in [1.82, 2.24) is 0 Å². The molecule has 2 aromatic carbocycles. The van der Waals surface area contributed by atoms with Crippen LogP contribution in [-0.2, 0) is 14.8 Å². The predicted octanol–water partition coefficient (Wildman–Crippen LogP) is 3.06. The number of carbonyl (C=O) groups is 1. The van der Waals surface area contributed by atoms with Crippen molar-refractivity contribution in [3.8, 4) is 5.75 Å². The van der Waals surface area contributed by atoms with Crippen molar-refractivity contribution in [2.75, 3.05) is 17.1 Å². The third kappa shape index (κ3) is 4.35. The van der Waals surface area contributed by atoms with Crippen LogP contribution in [0.3, 0.4) is 0 Å². The summed E-state index contributed by atoms with van der Waals surface area (Å²) < 4.78 is 33.8. The van der Waals surface area contributed by atoms with E-state index in [1.165, 1.54) is 26.2 Å². The molecule has 0 spiro atoms. The van der Waals surface area contributed by atoms with Crippen LogP contribution in [0, 0.1) is 3.57 Å². The Kier molecular flexibility index (Phi) is 5.47. The average molecular weight is 446 g/mol. The molecule has 0 aliphatic rings. The van der Waals surface area contributed by atoms with Crippen LogP contribution in [0.4, 0.5) is 11.4 Å². The molecule has 122 valence electrons. The highest BCUT2D eigenvalue weighted by Crippen LogP contribution is 2.29. The first-order valence-corrected chi connectivity index (χ1v) is 9.12. The van der Waals surface area contributed by atoms with E-state index in [1.807, 2.05) is 28.7 Å². The Morgan fingerprint density at radius 3 is 2.48 bits per heavy atom. The van der Waals surface area contributed by atoms with Crippen molar-refractivity contribution in [2.45, 2.75) is 11.8 Å². The van der Waals surface area contributed by atoms with E-state index in [0.29, 0.717) is 11.4 Å². The van der Waals surface area contributed by atoms with Crippen molar-refractivity contribution < 1.29 is 17.9 Å². The Hall–Kier alpha value is -1.81. The second-order valence-electron chi connectivity index (χ2n) is 4.63. The molecule has 0 aliphatic heterocycles. The molecule has 0 unspecified atom stereocenters. The number of methoxy groups -OCH3 is 1. The summed E-state index contributed by atoms with van der Waals surface area (Å²) in [4.78, 5) is 11.1. The van der Waals surface area contributed by atoms with Gasteiger partial charge in [0, 0.05) is 16.2 Å². The fourth-order valence-corrected chi connectivity index (χ4v) is 3.89. The fraction of sp³-hybridized carbons (Fsp3) is 0.133. The zero-order valence-corrected chi connectivity index (χ0v) is 15.4. The van der Waals surface area contributed by atoms with E-state index in [4.69, 9.17) is 4.74 Å². The number of halogens is 1. The number of anilines is 2. The van der Waals surface area contributed by atoms with Crippen LogP contribution >= 0.6 is 22.6 Å². The molecule has 0 saturated carbocycles. The summed E-state index contributed by atoms with van der Waals surface area (Å²) in [6.45, 7) is 1.35. The number of carbonyl (C=O) groups excluding carboxylic acids is 1. The second kappa shape index (κ2) is 7.18. The molecule has 0 fully saturated rings. The van der Waals surface area contributed by atoms with Crippen molar-refractivity contribution in [3.63, 3.8) is 0 Å². The van der Waals surface area contributed by atoms with Crippen LogP contribution in [-0.4, -0.2) is 21.4 Å². The third-order valence-corrected chi connectivity index (χ3v) is 5.22. The number of nitrogens with one attached hydrogen (secondary N) is 2. The number of ether oxygens (including phenoxy) is 1. The lowest BCUT2D eigenvalue weighted by molar-refractivity contribution is -0.114. The van der Waals surface area contributed by atoms with Crippen LogP contribution in [0.15, 0.2) is 47.4 Å². The normalized spacial score (nSPS) is 10.9. The van der Waals surface area contributed by atoms with Gasteiger partial charge in [-0.2, -0.15) is 0 Å². The second-order valence-corrected chi connectivity index (χ2v) is 7.45. The predicted molar refractivity (Wildman–Crippen MR) is 97.3 cm³/mol. The van der Waals surface area contributed by atoms with Gasteiger partial charge in [-0.15, -0.1) is 0 Å². The van der Waals surface area contributed by atoms with Gasteiger partial charge < -0.3 is 10.1 Å². The zero-order valence-electron chi connectivity index (χ0n) is 12.5. The average Bonchev–Trinajstić information content (AvgIpc) is 2.49. The summed E-state index contributed by atoms with van der Waals surface area (Å²) in [5.74, 6) is -0.0957. The minimum atomic E-state index is -3.87. The molecule has 6 nitrogen and oxygen atoms in total. The van der Waals surface area contributed by atoms with Gasteiger partial charge in [-0.25, -0.2) is 8.42 Å². The van der Waals surface area contributed by atoms with Crippen LogP contribution in [0.2, 0.25) is 0 Å². The van der Waals surface area contributed by atoms with E-state index in [-0.39, 0.29) is 16.6 Å². The number of rotatable bonds is 5. The van der Waals surface area contributed by atoms with Gasteiger partial charge in [0.1, 0.15) is 10.6 Å². The maximum Gasteiger partial charge on any atom is 0.265 e. The first kappa shape index (κ1) is 17.5. The molecule has 0 heterocycles. The maximum atomic E-state index is 12.7. The number of sulfonamides is 1. The molecule has 0 bridgehead atoms. The molecule has 2 rings (SSSR count). The van der Waals surface area contributed by atoms with E-state index in [1.54, 1.807) is 24.3 Å². The highest BCUT2D eigenvalue weighted by Gasteiger charge is 2.21. The Balaban J connectivity index is 2.45. The monoisotopic (exact) mass is 446 g/mol. The van der Waals surface area contributed by atoms with Crippen molar-refractivity contribution in [2.24, 2.45) is 0 Å². The molecule has 23 heavy (non-hydrogen) atoms. The SMILES string of the molecule is COc1ccc(NC(C)=O)cc1S(=O)(=O)Nc1ccccc1I. The smallest absolute Gasteiger partial charge is 0.265 e. The lowest BCUT2D eigenvalue weighted by atomic mass is 10.3. The van der Waals surface area contributed by atoms with Crippen molar-refractivity contribution in [3.05, 3.63) is 46.0 Å². The quantitative estimate of drug-likeness (QED) is 0.692. The molecular formula is C15H15IN2O4S. The number of hydrogen-bond acceptors (Lipinski definition) is 4. The molecule has 0 atom stereocenters. The summed E-state index contributed by atoms with van der Waals surface area (Å²) in [5.41, 5.74) is 0.849. The van der Waals surface area contributed by atoms with Gasteiger partial charge in [-0.3, -0.25) is 9.52 Å². The van der Waals surface area contributed by atoms with E-state index in [9.17, 15) is 13.2 Å². The van der Waals surface area contributed by atoms with E-state index in [0.717, 1.165) is 3.57 Å². The minimum Gasteiger partial charge on any atom is -0.495 e. The lowest BCUT2D eigenvalue weighted by Crippen LogP contribution is -2.15. The Labute approximate surface area is 148 Å². The number of benzene rings is 2. The van der Waals surface area contributed by atoms with Gasteiger partial charge in [0.25, 0.3) is 10.0 Å². The van der Waals surface area contributed by atoms with Gasteiger partial charge >= 0.3 is 0 Å².